The molecule has 5 nitrogen and oxygen atoms in total. The number of hydrogen-bond donors (Lipinski definition) is 0. The minimum absolute atomic E-state index is 0.387. The van der Waals surface area contributed by atoms with E-state index < -0.39 is 15.6 Å². The highest BCUT2D eigenvalue weighted by molar-refractivity contribution is 7.89. The summed E-state index contributed by atoms with van der Waals surface area (Å²) in [6.45, 7) is 2.70. The topological polar surface area (TPSA) is 53.5 Å². The Hall–Kier alpha value is -2.54. The van der Waals surface area contributed by atoms with Crippen LogP contribution in [0.5, 0.6) is 0 Å². The minimum atomic E-state index is -3.54. The molecule has 0 unspecified atom stereocenters. The van der Waals surface area contributed by atoms with Crippen molar-refractivity contribution < 1.29 is 8.42 Å². The number of hydrogen-bond acceptors (Lipinski definition) is 4. The first-order chi connectivity index (χ1) is 14.1. The van der Waals surface area contributed by atoms with E-state index in [-0.39, 0.29) is 0 Å². The van der Waals surface area contributed by atoms with Crippen molar-refractivity contribution in [3.63, 3.8) is 0 Å². The molecule has 2 aliphatic heterocycles. The summed E-state index contributed by atoms with van der Waals surface area (Å²) in [6, 6.07) is 21.4. The second-order valence-electron chi connectivity index (χ2n) is 7.85. The first-order valence-electron chi connectivity index (χ1n) is 9.87. The first kappa shape index (κ1) is 18.5. The van der Waals surface area contributed by atoms with Gasteiger partial charge in [-0.3, -0.25) is 9.88 Å². The van der Waals surface area contributed by atoms with Gasteiger partial charge in [0.15, 0.2) is 0 Å². The number of rotatable bonds is 4. The number of benzene rings is 2. The molecule has 0 saturated carbocycles. The molecule has 1 spiro atoms. The molecule has 5 rings (SSSR count). The fourth-order valence-electron chi connectivity index (χ4n) is 4.72. The largest absolute Gasteiger partial charge is 0.297 e. The quantitative estimate of drug-likeness (QED) is 0.668. The maximum Gasteiger partial charge on any atom is 0.244 e. The number of likely N-dealkylation sites (tertiary alicyclic amines) is 1. The van der Waals surface area contributed by atoms with Crippen molar-refractivity contribution in [1.82, 2.24) is 14.2 Å². The van der Waals surface area contributed by atoms with Gasteiger partial charge in [-0.25, -0.2) is 8.42 Å². The van der Waals surface area contributed by atoms with E-state index in [1.165, 1.54) is 0 Å². The van der Waals surface area contributed by atoms with Gasteiger partial charge in [0.25, 0.3) is 0 Å². The van der Waals surface area contributed by atoms with Gasteiger partial charge < -0.3 is 0 Å². The highest BCUT2D eigenvalue weighted by Crippen LogP contribution is 2.50. The Morgan fingerprint density at radius 2 is 1.66 bits per heavy atom. The molecule has 0 bridgehead atoms. The van der Waals surface area contributed by atoms with Crippen molar-refractivity contribution in [2.45, 2.75) is 29.9 Å². The molecule has 3 heterocycles. The van der Waals surface area contributed by atoms with Crippen LogP contribution in [0.15, 0.2) is 84.0 Å². The smallest absolute Gasteiger partial charge is 0.244 e. The van der Waals surface area contributed by atoms with E-state index in [1.807, 2.05) is 60.8 Å². The third-order valence-corrected chi connectivity index (χ3v) is 8.03. The normalized spacial score (nSPS) is 23.4. The van der Waals surface area contributed by atoms with Crippen molar-refractivity contribution in [2.24, 2.45) is 0 Å². The van der Waals surface area contributed by atoms with Gasteiger partial charge >= 0.3 is 0 Å². The van der Waals surface area contributed by atoms with Crippen LogP contribution in [0.1, 0.15) is 23.1 Å². The van der Waals surface area contributed by atoms with Crippen molar-refractivity contribution in [3.05, 3.63) is 95.8 Å². The monoisotopic (exact) mass is 405 g/mol. The lowest BCUT2D eigenvalue weighted by atomic mass is 9.88. The van der Waals surface area contributed by atoms with Crippen LogP contribution in [-0.2, 0) is 28.7 Å². The van der Waals surface area contributed by atoms with Crippen LogP contribution in [0.2, 0.25) is 0 Å². The lowest BCUT2D eigenvalue weighted by Gasteiger charge is -2.34. The lowest BCUT2D eigenvalue weighted by Crippen LogP contribution is -2.45. The molecule has 1 aromatic heterocycles. The number of fused-ring (bicyclic) bond motifs is 2. The van der Waals surface area contributed by atoms with Gasteiger partial charge in [-0.05, 0) is 35.2 Å². The van der Waals surface area contributed by atoms with Gasteiger partial charge in [-0.2, -0.15) is 4.31 Å². The van der Waals surface area contributed by atoms with Gasteiger partial charge in [0, 0.05) is 38.6 Å². The summed E-state index contributed by atoms with van der Waals surface area (Å²) in [5, 5.41) is 0. The van der Waals surface area contributed by atoms with Crippen LogP contribution in [0.3, 0.4) is 0 Å². The number of aromatic nitrogens is 1. The molecule has 1 saturated heterocycles. The van der Waals surface area contributed by atoms with Crippen LogP contribution in [0.25, 0.3) is 0 Å². The number of sulfonamides is 1. The Morgan fingerprint density at radius 1 is 0.897 bits per heavy atom. The van der Waals surface area contributed by atoms with Crippen LogP contribution < -0.4 is 0 Å². The standard InChI is InChI=1S/C23H23N3O2S/c27-29(28)22-11-5-4-10-21(22)23(26(29)17-19-7-2-1-3-8-19)12-14-25(18-23)16-20-9-6-13-24-15-20/h1-11,13,15H,12,14,16-18H2/t23-/m1/s1. The van der Waals surface area contributed by atoms with E-state index in [0.29, 0.717) is 18.0 Å². The predicted octanol–water partition coefficient (Wildman–Crippen LogP) is 3.39. The molecule has 2 aliphatic rings. The molecule has 2 aromatic carbocycles. The van der Waals surface area contributed by atoms with Crippen LogP contribution >= 0.6 is 0 Å². The third-order valence-electron chi connectivity index (χ3n) is 6.06. The molecule has 0 radical (unpaired) electrons. The van der Waals surface area contributed by atoms with Gasteiger partial charge in [-0.15, -0.1) is 0 Å². The summed E-state index contributed by atoms with van der Waals surface area (Å²) >= 11 is 0. The van der Waals surface area contributed by atoms with Crippen LogP contribution in [-0.4, -0.2) is 35.7 Å². The van der Waals surface area contributed by atoms with Gasteiger partial charge in [0.1, 0.15) is 0 Å². The van der Waals surface area contributed by atoms with E-state index >= 15 is 0 Å². The Balaban J connectivity index is 1.53. The maximum absolute atomic E-state index is 13.5. The third kappa shape index (κ3) is 3.08. The zero-order chi connectivity index (χ0) is 19.9. The molecular weight excluding hydrogens is 382 g/mol. The molecule has 1 fully saturated rings. The zero-order valence-corrected chi connectivity index (χ0v) is 16.9. The molecule has 1 atom stereocenters. The van der Waals surface area contributed by atoms with Crippen molar-refractivity contribution in [2.75, 3.05) is 13.1 Å². The zero-order valence-electron chi connectivity index (χ0n) is 16.1. The summed E-state index contributed by atoms with van der Waals surface area (Å²) < 4.78 is 28.8. The molecule has 29 heavy (non-hydrogen) atoms. The Kier molecular flexibility index (Phi) is 4.50. The SMILES string of the molecule is O=S1(=O)c2ccccc2[C@]2(CCN(Cc3cccnc3)C2)N1Cc1ccccc1. The van der Waals surface area contributed by atoms with Crippen LogP contribution in [0, 0.1) is 0 Å². The summed E-state index contributed by atoms with van der Waals surface area (Å²) in [5.41, 5.74) is 2.57. The number of pyridine rings is 1. The van der Waals surface area contributed by atoms with Gasteiger partial charge in [0.2, 0.25) is 10.0 Å². The minimum Gasteiger partial charge on any atom is -0.297 e. The Labute approximate surface area is 171 Å². The van der Waals surface area contributed by atoms with Crippen LogP contribution in [0.4, 0.5) is 0 Å². The molecule has 0 amide bonds. The maximum atomic E-state index is 13.5. The molecular formula is C23H23N3O2S. The Morgan fingerprint density at radius 3 is 2.45 bits per heavy atom. The second kappa shape index (κ2) is 7.06. The van der Waals surface area contributed by atoms with Crippen molar-refractivity contribution in [3.8, 4) is 0 Å². The first-order valence-corrected chi connectivity index (χ1v) is 11.3. The van der Waals surface area contributed by atoms with Crippen molar-refractivity contribution >= 4 is 10.0 Å². The molecule has 6 heteroatoms. The van der Waals surface area contributed by atoms with Gasteiger partial charge in [-0.1, -0.05) is 54.6 Å². The lowest BCUT2D eigenvalue weighted by molar-refractivity contribution is 0.184. The predicted molar refractivity (Wildman–Crippen MR) is 111 cm³/mol. The van der Waals surface area contributed by atoms with Gasteiger partial charge in [0.05, 0.1) is 10.4 Å². The summed E-state index contributed by atoms with van der Waals surface area (Å²) in [5.74, 6) is 0. The molecule has 0 aliphatic carbocycles. The Bertz CT molecular complexity index is 1120. The second-order valence-corrected chi connectivity index (χ2v) is 9.68. The highest BCUT2D eigenvalue weighted by Gasteiger charge is 2.56. The van der Waals surface area contributed by atoms with E-state index in [9.17, 15) is 8.42 Å². The van der Waals surface area contributed by atoms with E-state index in [0.717, 1.165) is 36.2 Å². The van der Waals surface area contributed by atoms with E-state index in [2.05, 4.69) is 16.0 Å². The molecule has 148 valence electrons. The molecule has 3 aromatic rings. The summed E-state index contributed by atoms with van der Waals surface area (Å²) in [7, 11) is -3.54. The van der Waals surface area contributed by atoms with E-state index in [1.54, 1.807) is 16.6 Å². The average molecular weight is 406 g/mol. The summed E-state index contributed by atoms with van der Waals surface area (Å²) in [4.78, 5) is 7.01. The van der Waals surface area contributed by atoms with E-state index in [4.69, 9.17) is 0 Å². The summed E-state index contributed by atoms with van der Waals surface area (Å²) in [6.07, 6.45) is 4.44. The number of nitrogens with zero attached hydrogens (tertiary/aromatic N) is 3. The molecule has 0 N–H and O–H groups in total. The average Bonchev–Trinajstić information content (AvgIpc) is 3.24. The fourth-order valence-corrected chi connectivity index (χ4v) is 6.77. The van der Waals surface area contributed by atoms with Crippen molar-refractivity contribution in [1.29, 1.82) is 0 Å². The highest BCUT2D eigenvalue weighted by atomic mass is 32.2. The fraction of sp³-hybridized carbons (Fsp3) is 0.261.